The quantitative estimate of drug-likeness (QED) is 0.0195. The number of carbonyl (C=O) groups is 6. The molecule has 0 aromatic heterocycles. The summed E-state index contributed by atoms with van der Waals surface area (Å²) in [7, 11) is 0. The van der Waals surface area contributed by atoms with E-state index in [9.17, 15) is 49.2 Å². The molecular weight excluding hydrogens is 957 g/mol. The van der Waals surface area contributed by atoms with Crippen LogP contribution in [0.4, 0.5) is 0 Å². The summed E-state index contributed by atoms with van der Waals surface area (Å²) in [5.74, 6) is -4.39. The molecule has 1 fully saturated rings. The number of nitrogens with two attached hydrogens (primary N) is 2. The van der Waals surface area contributed by atoms with Gasteiger partial charge in [0.05, 0.1) is 18.8 Å². The molecule has 1 rings (SSSR count). The Hall–Kier alpha value is -3.46. The smallest absolute Gasteiger partial charge is 0.306 e. The van der Waals surface area contributed by atoms with Crippen LogP contribution >= 0.6 is 0 Å². The van der Waals surface area contributed by atoms with Gasteiger partial charge in [-0.3, -0.25) is 28.8 Å². The normalized spacial score (nSPS) is 19.7. The van der Waals surface area contributed by atoms with E-state index < -0.39 is 123 Å². The van der Waals surface area contributed by atoms with E-state index in [0.29, 0.717) is 12.8 Å². The average molecular weight is 1060 g/mol. The van der Waals surface area contributed by atoms with Crippen molar-refractivity contribution in [3.8, 4) is 0 Å². The predicted octanol–water partition coefficient (Wildman–Crippen LogP) is 6.47. The van der Waals surface area contributed by atoms with Gasteiger partial charge in [0.25, 0.3) is 0 Å². The van der Waals surface area contributed by atoms with Gasteiger partial charge in [0.15, 0.2) is 12.4 Å². The first-order valence-electron chi connectivity index (χ1n) is 28.6. The van der Waals surface area contributed by atoms with Crippen LogP contribution in [0.1, 0.15) is 227 Å². The van der Waals surface area contributed by atoms with Crippen molar-refractivity contribution in [2.45, 2.75) is 288 Å². The van der Waals surface area contributed by atoms with Crippen LogP contribution in [0.25, 0.3) is 0 Å². The third kappa shape index (κ3) is 31.6. The first-order valence-corrected chi connectivity index (χ1v) is 28.6. The van der Waals surface area contributed by atoms with Crippen LogP contribution in [-0.4, -0.2) is 148 Å². The summed E-state index contributed by atoms with van der Waals surface area (Å²) in [5.41, 5.74) is 11.8. The summed E-state index contributed by atoms with van der Waals surface area (Å²) in [6.07, 6.45) is 20.1. The highest BCUT2D eigenvalue weighted by Gasteiger charge is 2.47. The van der Waals surface area contributed by atoms with E-state index >= 15 is 0 Å². The minimum Gasteiger partial charge on any atom is -0.462 e. The molecule has 1 heterocycles. The SMILES string of the molecule is CCCCCCCCCCCCCCCC(=O)OC[C@H](COC(=O)CC[C@H](C(N)=O)N(CC(C)O[C@H]1[C@H](O)[C@@H](CO)O[C@H](O)[C@@H]1NC(C)=O)C(=O)[C@@H](N)[C@@H](C)O)OC(=O)CCCCCCCCCCCCCCC. The Kier molecular flexibility index (Phi) is 39.5. The second kappa shape index (κ2) is 42.6. The Labute approximate surface area is 443 Å². The molecule has 0 saturated carbocycles. The van der Waals surface area contributed by atoms with E-state index in [2.05, 4.69) is 19.2 Å². The zero-order chi connectivity index (χ0) is 55.1. The van der Waals surface area contributed by atoms with Gasteiger partial charge in [-0.05, 0) is 33.1 Å². The van der Waals surface area contributed by atoms with Gasteiger partial charge in [0, 0.05) is 32.7 Å². The van der Waals surface area contributed by atoms with E-state index in [-0.39, 0.29) is 25.9 Å². The van der Waals surface area contributed by atoms with Crippen LogP contribution in [0.2, 0.25) is 0 Å². The van der Waals surface area contributed by atoms with Crippen molar-refractivity contribution in [3.63, 3.8) is 0 Å². The van der Waals surface area contributed by atoms with Crippen molar-refractivity contribution >= 4 is 35.6 Å². The molecule has 74 heavy (non-hydrogen) atoms. The van der Waals surface area contributed by atoms with E-state index in [1.807, 2.05) is 0 Å². The van der Waals surface area contributed by atoms with E-state index in [4.69, 9.17) is 35.2 Å². The number of aliphatic hydroxyl groups is 4. The molecule has 0 aromatic carbocycles. The molecule has 1 aliphatic rings. The molecule has 0 aromatic rings. The molecular formula is C55H102N4O15. The van der Waals surface area contributed by atoms with Crippen LogP contribution in [0.15, 0.2) is 0 Å². The molecule has 1 saturated heterocycles. The van der Waals surface area contributed by atoms with Crippen molar-refractivity contribution in [2.24, 2.45) is 11.5 Å². The predicted molar refractivity (Wildman–Crippen MR) is 282 cm³/mol. The van der Waals surface area contributed by atoms with Gasteiger partial charge in [0.2, 0.25) is 17.7 Å². The minimum absolute atomic E-state index is 0.139. The van der Waals surface area contributed by atoms with Crippen molar-refractivity contribution in [1.82, 2.24) is 10.2 Å². The zero-order valence-electron chi connectivity index (χ0n) is 46.2. The van der Waals surface area contributed by atoms with Crippen LogP contribution in [0.3, 0.4) is 0 Å². The molecule has 1 unspecified atom stereocenters. The minimum atomic E-state index is -1.70. The maximum absolute atomic E-state index is 13.7. The number of rotatable bonds is 46. The Morgan fingerprint density at radius 3 is 1.47 bits per heavy atom. The molecule has 432 valence electrons. The average Bonchev–Trinajstić information content (AvgIpc) is 3.36. The summed E-state index contributed by atoms with van der Waals surface area (Å²) < 4.78 is 28.0. The van der Waals surface area contributed by atoms with E-state index in [1.54, 1.807) is 0 Å². The molecule has 3 amide bonds. The van der Waals surface area contributed by atoms with Crippen molar-refractivity contribution in [2.75, 3.05) is 26.4 Å². The van der Waals surface area contributed by atoms with Gasteiger partial charge < -0.3 is 65.8 Å². The summed E-state index contributed by atoms with van der Waals surface area (Å²) >= 11 is 0. The lowest BCUT2D eigenvalue weighted by molar-refractivity contribution is -0.268. The number of amides is 3. The third-order valence-electron chi connectivity index (χ3n) is 13.6. The van der Waals surface area contributed by atoms with E-state index in [0.717, 1.165) is 49.8 Å². The van der Waals surface area contributed by atoms with Gasteiger partial charge >= 0.3 is 17.9 Å². The number of nitrogens with one attached hydrogen (secondary N) is 1. The zero-order valence-corrected chi connectivity index (χ0v) is 46.2. The van der Waals surface area contributed by atoms with Crippen LogP contribution in [0.5, 0.6) is 0 Å². The lowest BCUT2D eigenvalue weighted by atomic mass is 9.96. The van der Waals surface area contributed by atoms with Gasteiger partial charge in [0.1, 0.15) is 49.7 Å². The Balaban J connectivity index is 2.92. The number of esters is 3. The molecule has 19 nitrogen and oxygen atoms in total. The Bertz CT molecular complexity index is 1520. The standard InChI is InChI=1S/C55H102N4O15/c1-6-8-10-12-14-16-18-20-22-24-26-28-30-32-46(63)70-38-43(73-48(65)33-31-29-27-25-23-21-19-17-15-13-11-9-7-2)39-71-47(64)35-34-44(53(57)67)59(54(68)49(56)41(4)61)36-40(3)72-52-50(58-42(5)62)55(69)74-45(37-60)51(52)66/h40-41,43-45,49-52,55,60-61,66,69H,6-39,56H2,1-5H3,(H2,57,67)(H,58,62)/t40?,41-,43-,44-,45-,49+,50-,51-,52-,55+/m1/s1. The molecule has 0 spiro atoms. The number of hydrogen-bond acceptors (Lipinski definition) is 16. The largest absolute Gasteiger partial charge is 0.462 e. The topological polar surface area (TPSA) is 297 Å². The number of hydrogen-bond donors (Lipinski definition) is 7. The number of aliphatic hydroxyl groups excluding tert-OH is 4. The molecule has 0 aliphatic carbocycles. The molecule has 10 atom stereocenters. The Morgan fingerprint density at radius 2 is 1.07 bits per heavy atom. The van der Waals surface area contributed by atoms with Gasteiger partial charge in [-0.2, -0.15) is 0 Å². The fraction of sp³-hybridized carbons (Fsp3) is 0.891. The first kappa shape index (κ1) is 68.6. The number of carbonyl (C=O) groups excluding carboxylic acids is 6. The number of nitrogens with zero attached hydrogens (tertiary/aromatic N) is 1. The molecule has 1 aliphatic heterocycles. The highest BCUT2D eigenvalue weighted by Crippen LogP contribution is 2.25. The Morgan fingerprint density at radius 1 is 0.649 bits per heavy atom. The summed E-state index contributed by atoms with van der Waals surface area (Å²) in [6, 6.07) is -4.36. The van der Waals surface area contributed by atoms with Crippen LogP contribution in [0, 0.1) is 0 Å². The fourth-order valence-corrected chi connectivity index (χ4v) is 9.15. The monoisotopic (exact) mass is 1060 g/mol. The van der Waals surface area contributed by atoms with Gasteiger partial charge in [-0.25, -0.2) is 0 Å². The number of primary amides is 1. The summed E-state index contributed by atoms with van der Waals surface area (Å²) in [6.45, 7) is 6.40. The highest BCUT2D eigenvalue weighted by molar-refractivity contribution is 5.89. The van der Waals surface area contributed by atoms with Crippen molar-refractivity contribution in [3.05, 3.63) is 0 Å². The van der Waals surface area contributed by atoms with E-state index in [1.165, 1.54) is 130 Å². The second-order valence-corrected chi connectivity index (χ2v) is 20.6. The van der Waals surface area contributed by atoms with Crippen LogP contribution < -0.4 is 16.8 Å². The van der Waals surface area contributed by atoms with Gasteiger partial charge in [-0.15, -0.1) is 0 Å². The fourth-order valence-electron chi connectivity index (χ4n) is 9.15. The van der Waals surface area contributed by atoms with Crippen molar-refractivity contribution in [1.29, 1.82) is 0 Å². The van der Waals surface area contributed by atoms with Gasteiger partial charge in [-0.1, -0.05) is 168 Å². The maximum atomic E-state index is 13.7. The molecule has 9 N–H and O–H groups in total. The second-order valence-electron chi connectivity index (χ2n) is 20.6. The lowest BCUT2D eigenvalue weighted by Crippen LogP contribution is -2.65. The number of ether oxygens (including phenoxy) is 5. The van der Waals surface area contributed by atoms with Crippen molar-refractivity contribution < 1.29 is 72.9 Å². The molecule has 0 radical (unpaired) electrons. The molecule has 0 bridgehead atoms. The summed E-state index contributed by atoms with van der Waals surface area (Å²) in [4.78, 5) is 78.8. The highest BCUT2D eigenvalue weighted by atomic mass is 16.6. The summed E-state index contributed by atoms with van der Waals surface area (Å²) in [5, 5.41) is 44.0. The van der Waals surface area contributed by atoms with Crippen LogP contribution in [-0.2, 0) is 52.5 Å². The lowest BCUT2D eigenvalue weighted by Gasteiger charge is -2.44. The first-order chi connectivity index (χ1) is 35.5. The maximum Gasteiger partial charge on any atom is 0.306 e. The molecule has 19 heteroatoms. The third-order valence-corrected chi connectivity index (χ3v) is 13.6. The number of unbranched alkanes of at least 4 members (excludes halogenated alkanes) is 24.